The first-order chi connectivity index (χ1) is 6.96. The van der Waals surface area contributed by atoms with Gasteiger partial charge in [-0.3, -0.25) is 4.74 Å². The first-order valence-corrected chi connectivity index (χ1v) is 3.75. The Kier molecular flexibility index (Phi) is 4.92. The average Bonchev–Trinajstić information content (AvgIpc) is 1.98. The van der Waals surface area contributed by atoms with Crippen LogP contribution in [0.1, 0.15) is 6.42 Å². The number of rotatable bonds is 5. The van der Waals surface area contributed by atoms with E-state index in [4.69, 9.17) is 0 Å². The van der Waals surface area contributed by atoms with Crippen molar-refractivity contribution in [2.45, 2.75) is 25.1 Å². The monoisotopic (exact) mass is 262 g/mol. The lowest BCUT2D eigenvalue weighted by Crippen LogP contribution is -2.39. The predicted molar refractivity (Wildman–Crippen MR) is 33.6 cm³/mol. The molecule has 0 atom stereocenters. The fraction of sp³-hybridized carbons (Fsp3) is 1.00. The molecule has 0 unspecified atom stereocenters. The van der Waals surface area contributed by atoms with E-state index in [2.05, 4.69) is 9.47 Å². The minimum Gasteiger partial charge on any atom is -0.313 e. The number of hydrogen-bond acceptors (Lipinski definition) is 2. The van der Waals surface area contributed by atoms with Gasteiger partial charge in [-0.15, -0.1) is 13.2 Å². The van der Waals surface area contributed by atoms with Crippen LogP contribution in [0.5, 0.6) is 0 Å². The summed E-state index contributed by atoms with van der Waals surface area (Å²) in [6, 6.07) is 0. The van der Waals surface area contributed by atoms with E-state index in [0.29, 0.717) is 0 Å². The quantitative estimate of drug-likeness (QED) is 0.560. The third-order valence-corrected chi connectivity index (χ3v) is 1.17. The Balaban J connectivity index is 3.75. The summed E-state index contributed by atoms with van der Waals surface area (Å²) in [5, 5.41) is 0. The van der Waals surface area contributed by atoms with E-state index in [-0.39, 0.29) is 0 Å². The fourth-order valence-electron chi connectivity index (χ4n) is 0.529. The van der Waals surface area contributed by atoms with Crippen LogP contribution in [0.25, 0.3) is 0 Å². The van der Waals surface area contributed by atoms with Gasteiger partial charge >= 0.3 is 18.6 Å². The molecule has 0 spiro atoms. The second kappa shape index (κ2) is 5.13. The summed E-state index contributed by atoms with van der Waals surface area (Å²) >= 11 is 0. The normalized spacial score (nSPS) is 14.2. The van der Waals surface area contributed by atoms with Gasteiger partial charge in [0.2, 0.25) is 0 Å². The molecule has 0 saturated heterocycles. The van der Waals surface area contributed by atoms with Crippen molar-refractivity contribution in [3.63, 3.8) is 0 Å². The maximum absolute atomic E-state index is 12.0. The molecule has 0 saturated carbocycles. The van der Waals surface area contributed by atoms with Crippen LogP contribution >= 0.6 is 0 Å². The van der Waals surface area contributed by atoms with Crippen LogP contribution in [0.2, 0.25) is 0 Å². The van der Waals surface area contributed by atoms with E-state index in [1.165, 1.54) is 0 Å². The zero-order chi connectivity index (χ0) is 13.0. The van der Waals surface area contributed by atoms with Gasteiger partial charge < -0.3 is 4.74 Å². The summed E-state index contributed by atoms with van der Waals surface area (Å²) in [5.41, 5.74) is 0. The third-order valence-electron chi connectivity index (χ3n) is 1.17. The van der Waals surface area contributed by atoms with Crippen molar-refractivity contribution >= 4 is 0 Å². The van der Waals surface area contributed by atoms with Gasteiger partial charge in [0.25, 0.3) is 0 Å². The molecule has 98 valence electrons. The minimum absolute atomic E-state index is 0.745. The van der Waals surface area contributed by atoms with Crippen LogP contribution < -0.4 is 0 Å². The van der Waals surface area contributed by atoms with Gasteiger partial charge in [-0.25, -0.2) is 0 Å². The number of ether oxygens (including phenoxy) is 2. The highest BCUT2D eigenvalue weighted by Gasteiger charge is 2.59. The summed E-state index contributed by atoms with van der Waals surface area (Å²) in [6.07, 6.45) is -17.0. The van der Waals surface area contributed by atoms with Gasteiger partial charge in [-0.1, -0.05) is 0 Å². The van der Waals surface area contributed by atoms with Crippen molar-refractivity contribution < 1.29 is 44.6 Å². The first kappa shape index (κ1) is 15.4. The Morgan fingerprint density at radius 3 is 1.50 bits per heavy atom. The summed E-state index contributed by atoms with van der Waals surface area (Å²) in [5.74, 6) is 0. The SMILES string of the molecule is FC(F)(F)OCCCOC(F)(F)C(F)(F)F. The Bertz CT molecular complexity index is 208. The predicted octanol–water partition coefficient (Wildman–Crippen LogP) is 3.08. The maximum Gasteiger partial charge on any atom is 0.522 e. The van der Waals surface area contributed by atoms with Gasteiger partial charge in [0.15, 0.2) is 0 Å². The molecule has 0 aliphatic heterocycles. The molecule has 0 aliphatic rings. The molecule has 0 aromatic rings. The zero-order valence-corrected chi connectivity index (χ0v) is 7.46. The molecule has 2 nitrogen and oxygen atoms in total. The van der Waals surface area contributed by atoms with E-state index in [9.17, 15) is 35.1 Å². The highest BCUT2D eigenvalue weighted by molar-refractivity contribution is 4.63. The van der Waals surface area contributed by atoms with Gasteiger partial charge in [0, 0.05) is 0 Å². The van der Waals surface area contributed by atoms with E-state index >= 15 is 0 Å². The van der Waals surface area contributed by atoms with E-state index in [0.717, 1.165) is 0 Å². The van der Waals surface area contributed by atoms with Gasteiger partial charge in [0.1, 0.15) is 0 Å². The van der Waals surface area contributed by atoms with Crippen molar-refractivity contribution in [3.8, 4) is 0 Å². The summed E-state index contributed by atoms with van der Waals surface area (Å²) in [7, 11) is 0. The topological polar surface area (TPSA) is 18.5 Å². The standard InChI is InChI=1S/C6H6F8O2/c7-4(8,9)5(10,11)15-2-1-3-16-6(12,13)14/h1-3H2. The minimum atomic E-state index is -5.89. The molecular weight excluding hydrogens is 256 g/mol. The van der Waals surface area contributed by atoms with Crippen molar-refractivity contribution in [1.82, 2.24) is 0 Å². The third kappa shape index (κ3) is 6.05. The Morgan fingerprint density at radius 1 is 0.688 bits per heavy atom. The summed E-state index contributed by atoms with van der Waals surface area (Å²) < 4.78 is 98.5. The molecule has 0 aromatic heterocycles. The second-order valence-corrected chi connectivity index (χ2v) is 2.51. The van der Waals surface area contributed by atoms with Gasteiger partial charge in [-0.05, 0) is 6.42 Å². The highest BCUT2D eigenvalue weighted by atomic mass is 19.4. The molecule has 0 radical (unpaired) electrons. The second-order valence-electron chi connectivity index (χ2n) is 2.51. The largest absolute Gasteiger partial charge is 0.522 e. The van der Waals surface area contributed by atoms with E-state index in [1.54, 1.807) is 0 Å². The zero-order valence-electron chi connectivity index (χ0n) is 7.46. The highest BCUT2D eigenvalue weighted by Crippen LogP contribution is 2.36. The number of halogens is 8. The van der Waals surface area contributed by atoms with Crippen LogP contribution in [0.15, 0.2) is 0 Å². The van der Waals surface area contributed by atoms with Crippen LogP contribution in [0, 0.1) is 0 Å². The molecule has 10 heteroatoms. The van der Waals surface area contributed by atoms with Crippen LogP contribution in [-0.4, -0.2) is 31.9 Å². The molecule has 0 amide bonds. The molecule has 0 rings (SSSR count). The maximum atomic E-state index is 12.0. The Hall–Kier alpha value is -0.640. The van der Waals surface area contributed by atoms with Crippen molar-refractivity contribution in [2.24, 2.45) is 0 Å². The van der Waals surface area contributed by atoms with Crippen LogP contribution in [-0.2, 0) is 9.47 Å². The van der Waals surface area contributed by atoms with Gasteiger partial charge in [-0.2, -0.15) is 22.0 Å². The summed E-state index contributed by atoms with van der Waals surface area (Å²) in [4.78, 5) is 0. The smallest absolute Gasteiger partial charge is 0.313 e. The number of hydrogen-bond donors (Lipinski definition) is 0. The molecule has 0 bridgehead atoms. The lowest BCUT2D eigenvalue weighted by Gasteiger charge is -2.19. The molecule has 0 N–H and O–H groups in total. The summed E-state index contributed by atoms with van der Waals surface area (Å²) in [6.45, 7) is -2.26. The molecule has 0 aromatic carbocycles. The molecular formula is C6H6F8O2. The Labute approximate surface area is 84.1 Å². The van der Waals surface area contributed by atoms with Crippen molar-refractivity contribution in [1.29, 1.82) is 0 Å². The number of alkyl halides is 8. The lowest BCUT2D eigenvalue weighted by molar-refractivity contribution is -0.392. The molecule has 0 aliphatic carbocycles. The van der Waals surface area contributed by atoms with Crippen molar-refractivity contribution in [3.05, 3.63) is 0 Å². The van der Waals surface area contributed by atoms with Gasteiger partial charge in [0.05, 0.1) is 13.2 Å². The van der Waals surface area contributed by atoms with E-state index < -0.39 is 38.3 Å². The first-order valence-electron chi connectivity index (χ1n) is 3.75. The average molecular weight is 262 g/mol. The van der Waals surface area contributed by atoms with Crippen molar-refractivity contribution in [2.75, 3.05) is 13.2 Å². The van der Waals surface area contributed by atoms with E-state index in [1.807, 2.05) is 0 Å². The fourth-order valence-corrected chi connectivity index (χ4v) is 0.529. The molecule has 0 fully saturated rings. The molecule has 16 heavy (non-hydrogen) atoms. The Morgan fingerprint density at radius 2 is 1.12 bits per heavy atom. The lowest BCUT2D eigenvalue weighted by atomic mass is 10.5. The van der Waals surface area contributed by atoms with Crippen LogP contribution in [0.4, 0.5) is 35.1 Å². The van der Waals surface area contributed by atoms with Crippen LogP contribution in [0.3, 0.4) is 0 Å². The molecule has 0 heterocycles.